The largest absolute Gasteiger partial charge is 0.383 e. The van der Waals surface area contributed by atoms with E-state index in [1.165, 1.54) is 0 Å². The molecule has 2 aromatic rings. The first kappa shape index (κ1) is 23.1. The zero-order chi connectivity index (χ0) is 21.4. The number of rotatable bonds is 11. The summed E-state index contributed by atoms with van der Waals surface area (Å²) >= 11 is 0. The van der Waals surface area contributed by atoms with E-state index in [4.69, 9.17) is 9.72 Å². The van der Waals surface area contributed by atoms with E-state index in [1.54, 1.807) is 17.7 Å². The number of unbranched alkanes of at least 4 members (excludes halogenated alkanes) is 2. The Hall–Kier alpha value is -2.21. The van der Waals surface area contributed by atoms with Gasteiger partial charge in [-0.15, -0.1) is 0 Å². The summed E-state index contributed by atoms with van der Waals surface area (Å²) in [6.07, 6.45) is 3.54. The first-order valence-corrected chi connectivity index (χ1v) is 10.7. The summed E-state index contributed by atoms with van der Waals surface area (Å²) in [5.41, 5.74) is 0.577. The number of para-hydroxylation sites is 1. The van der Waals surface area contributed by atoms with Crippen LogP contribution in [0.15, 0.2) is 29.1 Å². The molecular weight excluding hydrogens is 366 g/mol. The summed E-state index contributed by atoms with van der Waals surface area (Å²) in [6, 6.07) is 7.08. The Balaban J connectivity index is 2.48. The molecule has 1 unspecified atom stereocenters. The molecule has 0 aliphatic heterocycles. The van der Waals surface area contributed by atoms with Crippen LogP contribution in [0, 0.1) is 5.92 Å². The Morgan fingerprint density at radius 2 is 1.93 bits per heavy atom. The fourth-order valence-electron chi connectivity index (χ4n) is 3.58. The van der Waals surface area contributed by atoms with Gasteiger partial charge in [-0.05, 0) is 31.4 Å². The number of fused-ring (bicyclic) bond motifs is 1. The van der Waals surface area contributed by atoms with E-state index >= 15 is 0 Å². The molecule has 2 rings (SSSR count). The Labute approximate surface area is 173 Å². The summed E-state index contributed by atoms with van der Waals surface area (Å²) in [5, 5.41) is 0.587. The van der Waals surface area contributed by atoms with Crippen molar-refractivity contribution in [3.63, 3.8) is 0 Å². The summed E-state index contributed by atoms with van der Waals surface area (Å²) in [7, 11) is 1.62. The highest BCUT2D eigenvalue weighted by Crippen LogP contribution is 2.23. The Bertz CT molecular complexity index is 860. The molecule has 160 valence electrons. The third kappa shape index (κ3) is 5.89. The minimum atomic E-state index is -0.291. The fourth-order valence-corrected chi connectivity index (χ4v) is 3.58. The smallest absolute Gasteiger partial charge is 0.261 e. The van der Waals surface area contributed by atoms with E-state index in [0.717, 1.165) is 19.3 Å². The molecule has 1 aromatic carbocycles. The lowest BCUT2D eigenvalue weighted by molar-refractivity contribution is -0.134. The van der Waals surface area contributed by atoms with Gasteiger partial charge in [-0.25, -0.2) is 4.98 Å². The molecule has 0 aliphatic rings. The van der Waals surface area contributed by atoms with Crippen LogP contribution < -0.4 is 5.56 Å². The van der Waals surface area contributed by atoms with Gasteiger partial charge in [0, 0.05) is 20.1 Å². The summed E-state index contributed by atoms with van der Waals surface area (Å²) < 4.78 is 6.89. The first-order valence-electron chi connectivity index (χ1n) is 10.7. The van der Waals surface area contributed by atoms with Crippen LogP contribution in [-0.4, -0.2) is 40.6 Å². The number of hydrogen-bond donors (Lipinski definition) is 0. The normalized spacial score (nSPS) is 12.5. The van der Waals surface area contributed by atoms with E-state index in [0.29, 0.717) is 48.8 Å². The van der Waals surface area contributed by atoms with Crippen molar-refractivity contribution in [3.8, 4) is 0 Å². The highest BCUT2D eigenvalue weighted by molar-refractivity contribution is 5.78. The molecule has 6 nitrogen and oxygen atoms in total. The summed E-state index contributed by atoms with van der Waals surface area (Å²) in [4.78, 5) is 32.9. The van der Waals surface area contributed by atoms with Gasteiger partial charge in [0.1, 0.15) is 5.82 Å². The molecule has 0 bridgehead atoms. The van der Waals surface area contributed by atoms with Crippen molar-refractivity contribution in [2.24, 2.45) is 5.92 Å². The zero-order valence-corrected chi connectivity index (χ0v) is 18.5. The van der Waals surface area contributed by atoms with Crippen molar-refractivity contribution in [3.05, 3.63) is 40.4 Å². The van der Waals surface area contributed by atoms with E-state index in [2.05, 4.69) is 20.8 Å². The highest BCUT2D eigenvalue weighted by atomic mass is 16.5. The van der Waals surface area contributed by atoms with Crippen molar-refractivity contribution in [2.45, 2.75) is 66.0 Å². The number of carbonyl (C=O) groups is 1. The molecule has 0 N–H and O–H groups in total. The molecular formula is C23H35N3O3. The second-order valence-electron chi connectivity index (χ2n) is 8.01. The number of methoxy groups -OCH3 is 1. The van der Waals surface area contributed by atoms with Gasteiger partial charge in [0.15, 0.2) is 0 Å². The maximum Gasteiger partial charge on any atom is 0.261 e. The van der Waals surface area contributed by atoms with Crippen LogP contribution in [0.2, 0.25) is 0 Å². The maximum absolute atomic E-state index is 13.1. The van der Waals surface area contributed by atoms with Crippen molar-refractivity contribution >= 4 is 16.8 Å². The average Bonchev–Trinajstić information content (AvgIpc) is 2.70. The van der Waals surface area contributed by atoms with Gasteiger partial charge in [-0.3, -0.25) is 14.2 Å². The fraction of sp³-hybridized carbons (Fsp3) is 0.609. The van der Waals surface area contributed by atoms with Crippen LogP contribution in [0.4, 0.5) is 0 Å². The van der Waals surface area contributed by atoms with Gasteiger partial charge in [0.05, 0.1) is 30.1 Å². The van der Waals surface area contributed by atoms with Crippen LogP contribution in [0.5, 0.6) is 0 Å². The van der Waals surface area contributed by atoms with E-state index < -0.39 is 0 Å². The topological polar surface area (TPSA) is 64.4 Å². The molecule has 6 heteroatoms. The van der Waals surface area contributed by atoms with Crippen LogP contribution in [-0.2, 0) is 16.1 Å². The molecule has 1 amide bonds. The molecule has 0 fully saturated rings. The monoisotopic (exact) mass is 401 g/mol. The third-order valence-corrected chi connectivity index (χ3v) is 5.13. The number of nitrogens with zero attached hydrogens (tertiary/aromatic N) is 3. The van der Waals surface area contributed by atoms with Gasteiger partial charge in [0.25, 0.3) is 5.56 Å². The Morgan fingerprint density at radius 3 is 2.59 bits per heavy atom. The predicted molar refractivity (Wildman–Crippen MR) is 117 cm³/mol. The Kier molecular flexibility index (Phi) is 8.83. The van der Waals surface area contributed by atoms with E-state index in [1.807, 2.05) is 30.0 Å². The molecule has 29 heavy (non-hydrogen) atoms. The van der Waals surface area contributed by atoms with E-state index in [9.17, 15) is 9.59 Å². The standard InChI is InChI=1S/C23H35N3O3/c1-6-7-8-13-21(27)26(16-17(2)3)18(4)22-24-20-12-10-9-11-19(20)23(28)25(22)14-15-29-5/h9-12,17-18H,6-8,13-16H2,1-5H3. The number of carbonyl (C=O) groups excluding carboxylic acids is 1. The number of hydrogen-bond acceptors (Lipinski definition) is 4. The van der Waals surface area contributed by atoms with Gasteiger partial charge in [0.2, 0.25) is 5.91 Å². The molecule has 1 heterocycles. The van der Waals surface area contributed by atoms with Crippen molar-refractivity contribution in [1.29, 1.82) is 0 Å². The molecule has 0 radical (unpaired) electrons. The number of aromatic nitrogens is 2. The van der Waals surface area contributed by atoms with Crippen molar-refractivity contribution in [1.82, 2.24) is 14.5 Å². The average molecular weight is 402 g/mol. The maximum atomic E-state index is 13.1. The lowest BCUT2D eigenvalue weighted by atomic mass is 10.1. The zero-order valence-electron chi connectivity index (χ0n) is 18.5. The van der Waals surface area contributed by atoms with Crippen molar-refractivity contribution < 1.29 is 9.53 Å². The van der Waals surface area contributed by atoms with Gasteiger partial charge < -0.3 is 9.64 Å². The van der Waals surface area contributed by atoms with Gasteiger partial charge >= 0.3 is 0 Å². The van der Waals surface area contributed by atoms with Crippen LogP contribution in [0.1, 0.15) is 65.2 Å². The highest BCUT2D eigenvalue weighted by Gasteiger charge is 2.26. The summed E-state index contributed by atoms with van der Waals surface area (Å²) in [6.45, 7) is 9.77. The molecule has 0 saturated carbocycles. The molecule has 0 aliphatic carbocycles. The number of ether oxygens (including phenoxy) is 1. The lowest BCUT2D eigenvalue weighted by Gasteiger charge is -2.32. The van der Waals surface area contributed by atoms with Gasteiger partial charge in [-0.2, -0.15) is 0 Å². The van der Waals surface area contributed by atoms with Crippen LogP contribution in [0.3, 0.4) is 0 Å². The Morgan fingerprint density at radius 1 is 1.21 bits per heavy atom. The van der Waals surface area contributed by atoms with Crippen LogP contribution >= 0.6 is 0 Å². The van der Waals surface area contributed by atoms with Crippen LogP contribution in [0.25, 0.3) is 10.9 Å². The molecule has 1 aromatic heterocycles. The summed E-state index contributed by atoms with van der Waals surface area (Å²) in [5.74, 6) is 1.07. The molecule has 0 saturated heterocycles. The second-order valence-corrected chi connectivity index (χ2v) is 8.01. The quantitative estimate of drug-likeness (QED) is 0.530. The number of benzene rings is 1. The van der Waals surface area contributed by atoms with Gasteiger partial charge in [-0.1, -0.05) is 45.7 Å². The van der Waals surface area contributed by atoms with E-state index in [-0.39, 0.29) is 17.5 Å². The lowest BCUT2D eigenvalue weighted by Crippen LogP contribution is -2.40. The molecule has 1 atom stereocenters. The van der Waals surface area contributed by atoms with Crippen molar-refractivity contribution in [2.75, 3.05) is 20.3 Å². The predicted octanol–water partition coefficient (Wildman–Crippen LogP) is 4.17. The SMILES string of the molecule is CCCCCC(=O)N(CC(C)C)C(C)c1nc2ccccc2c(=O)n1CCOC. The second kappa shape index (κ2) is 11.1. The number of amides is 1. The third-order valence-electron chi connectivity index (χ3n) is 5.13. The molecule has 0 spiro atoms. The minimum absolute atomic E-state index is 0.0857. The minimum Gasteiger partial charge on any atom is -0.383 e. The first-order chi connectivity index (χ1) is 13.9.